The molecule has 1 fully saturated rings. The van der Waals surface area contributed by atoms with Crippen molar-refractivity contribution in [1.82, 2.24) is 18.8 Å². The molecule has 7 nitrogen and oxygen atoms in total. The highest BCUT2D eigenvalue weighted by Crippen LogP contribution is 2.33. The largest absolute Gasteiger partial charge is 0.383 e. The molecule has 4 heterocycles. The molecule has 1 saturated heterocycles. The molecule has 0 saturated carbocycles. The van der Waals surface area contributed by atoms with Crippen molar-refractivity contribution in [3.63, 3.8) is 0 Å². The molecule has 3 aromatic rings. The molecule has 138 valence electrons. The zero-order valence-corrected chi connectivity index (χ0v) is 16.0. The van der Waals surface area contributed by atoms with Crippen LogP contribution >= 0.6 is 11.3 Å². The summed E-state index contributed by atoms with van der Waals surface area (Å²) in [5.41, 5.74) is 1.65. The van der Waals surface area contributed by atoms with Gasteiger partial charge in [0.2, 0.25) is 0 Å². The molecule has 26 heavy (non-hydrogen) atoms. The molecule has 1 unspecified atom stereocenters. The van der Waals surface area contributed by atoms with Gasteiger partial charge in [-0.3, -0.25) is 0 Å². The van der Waals surface area contributed by atoms with E-state index in [1.807, 2.05) is 12.1 Å². The third-order valence-corrected chi connectivity index (χ3v) is 7.90. The van der Waals surface area contributed by atoms with Crippen molar-refractivity contribution in [2.45, 2.75) is 23.1 Å². The Hall–Kier alpha value is -1.81. The first-order chi connectivity index (χ1) is 12.6. The molecule has 0 bridgehead atoms. The van der Waals surface area contributed by atoms with Crippen molar-refractivity contribution in [3.05, 3.63) is 41.7 Å². The molecular formula is C17H20N4O3S2. The van der Waals surface area contributed by atoms with Crippen molar-refractivity contribution in [2.24, 2.45) is 0 Å². The molecule has 4 rings (SSSR count). The molecule has 0 N–H and O–H groups in total. The van der Waals surface area contributed by atoms with Gasteiger partial charge in [-0.1, -0.05) is 6.07 Å². The highest BCUT2D eigenvalue weighted by atomic mass is 32.2. The van der Waals surface area contributed by atoms with E-state index >= 15 is 0 Å². The molecule has 0 aliphatic carbocycles. The fraction of sp³-hybridized carbons (Fsp3) is 0.412. The molecule has 1 aliphatic heterocycles. The summed E-state index contributed by atoms with van der Waals surface area (Å²) >= 11 is 1.25. The van der Waals surface area contributed by atoms with Gasteiger partial charge in [0.1, 0.15) is 15.6 Å². The van der Waals surface area contributed by atoms with Crippen molar-refractivity contribution >= 4 is 32.5 Å². The predicted molar refractivity (Wildman–Crippen MR) is 99.8 cm³/mol. The van der Waals surface area contributed by atoms with Crippen LogP contribution < -0.4 is 0 Å². The Morgan fingerprint density at radius 1 is 1.35 bits per heavy atom. The Morgan fingerprint density at radius 2 is 2.23 bits per heavy atom. The lowest BCUT2D eigenvalue weighted by Gasteiger charge is -2.16. The summed E-state index contributed by atoms with van der Waals surface area (Å²) in [5, 5.41) is 1.79. The first kappa shape index (κ1) is 17.6. The number of fused-ring (bicyclic) bond motifs is 1. The minimum absolute atomic E-state index is 0.0517. The lowest BCUT2D eigenvalue weighted by Crippen LogP contribution is -2.28. The second-order valence-corrected chi connectivity index (χ2v) is 9.35. The summed E-state index contributed by atoms with van der Waals surface area (Å²) in [7, 11) is -1.76. The number of hydrogen-bond acceptors (Lipinski definition) is 6. The van der Waals surface area contributed by atoms with E-state index in [0.29, 0.717) is 30.5 Å². The van der Waals surface area contributed by atoms with Crippen molar-refractivity contribution in [1.29, 1.82) is 0 Å². The van der Waals surface area contributed by atoms with E-state index in [4.69, 9.17) is 9.72 Å². The van der Waals surface area contributed by atoms with Crippen LogP contribution in [0.25, 0.3) is 11.2 Å². The third-order valence-electron chi connectivity index (χ3n) is 4.66. The molecule has 3 aromatic heterocycles. The van der Waals surface area contributed by atoms with Crippen LogP contribution in [-0.2, 0) is 21.3 Å². The average Bonchev–Trinajstić information content (AvgIpc) is 3.39. The molecule has 0 spiro atoms. The average molecular weight is 393 g/mol. The molecule has 9 heteroatoms. The van der Waals surface area contributed by atoms with Gasteiger partial charge in [0.15, 0.2) is 5.65 Å². The Kier molecular flexibility index (Phi) is 4.78. The van der Waals surface area contributed by atoms with Crippen LogP contribution in [0, 0.1) is 0 Å². The van der Waals surface area contributed by atoms with Gasteiger partial charge in [0.05, 0.1) is 6.61 Å². The number of pyridine rings is 1. The summed E-state index contributed by atoms with van der Waals surface area (Å²) in [6, 6.07) is 7.22. The second kappa shape index (κ2) is 7.07. The fourth-order valence-corrected chi connectivity index (χ4v) is 6.03. The van der Waals surface area contributed by atoms with Gasteiger partial charge in [0, 0.05) is 38.9 Å². The Bertz CT molecular complexity index is 998. The maximum Gasteiger partial charge on any atom is 0.252 e. The predicted octanol–water partition coefficient (Wildman–Crippen LogP) is 2.32. The first-order valence-corrected chi connectivity index (χ1v) is 10.8. The first-order valence-electron chi connectivity index (χ1n) is 8.45. The molecular weight excluding hydrogens is 372 g/mol. The van der Waals surface area contributed by atoms with Gasteiger partial charge in [-0.2, -0.15) is 4.31 Å². The van der Waals surface area contributed by atoms with Gasteiger partial charge in [-0.15, -0.1) is 11.3 Å². The van der Waals surface area contributed by atoms with E-state index in [9.17, 15) is 8.42 Å². The van der Waals surface area contributed by atoms with E-state index in [1.54, 1.807) is 35.1 Å². The van der Waals surface area contributed by atoms with Gasteiger partial charge in [-0.05, 0) is 30.0 Å². The smallest absolute Gasteiger partial charge is 0.252 e. The fourth-order valence-electron chi connectivity index (χ4n) is 3.39. The topological polar surface area (TPSA) is 77.3 Å². The number of aromatic nitrogens is 3. The molecule has 1 atom stereocenters. The normalized spacial score (nSPS) is 18.7. The van der Waals surface area contributed by atoms with Crippen LogP contribution in [0.15, 0.2) is 40.1 Å². The summed E-state index contributed by atoms with van der Waals surface area (Å²) in [6.07, 6.45) is 2.50. The van der Waals surface area contributed by atoms with E-state index in [2.05, 4.69) is 9.55 Å². The molecule has 0 aromatic carbocycles. The highest BCUT2D eigenvalue weighted by molar-refractivity contribution is 7.91. The summed E-state index contributed by atoms with van der Waals surface area (Å²) in [5.74, 6) is 0.940. The van der Waals surface area contributed by atoms with E-state index < -0.39 is 10.0 Å². The van der Waals surface area contributed by atoms with Gasteiger partial charge < -0.3 is 9.30 Å². The van der Waals surface area contributed by atoms with Crippen LogP contribution in [0.4, 0.5) is 0 Å². The van der Waals surface area contributed by atoms with Crippen LogP contribution in [0.2, 0.25) is 0 Å². The number of rotatable bonds is 6. The Labute approximate surface area is 156 Å². The maximum atomic E-state index is 12.8. The lowest BCUT2D eigenvalue weighted by atomic mass is 10.1. The van der Waals surface area contributed by atoms with E-state index in [0.717, 1.165) is 23.4 Å². The number of thiophene rings is 1. The van der Waals surface area contributed by atoms with Crippen LogP contribution in [0.3, 0.4) is 0 Å². The van der Waals surface area contributed by atoms with E-state index in [1.165, 1.54) is 11.3 Å². The van der Waals surface area contributed by atoms with Crippen molar-refractivity contribution in [2.75, 3.05) is 26.8 Å². The number of imidazole rings is 1. The summed E-state index contributed by atoms with van der Waals surface area (Å²) < 4.78 is 34.8. The number of ether oxygens (including phenoxy) is 1. The van der Waals surface area contributed by atoms with Crippen LogP contribution in [0.1, 0.15) is 18.2 Å². The van der Waals surface area contributed by atoms with Crippen molar-refractivity contribution < 1.29 is 13.2 Å². The minimum atomic E-state index is -3.42. The minimum Gasteiger partial charge on any atom is -0.383 e. The van der Waals surface area contributed by atoms with Gasteiger partial charge in [-0.25, -0.2) is 18.4 Å². The van der Waals surface area contributed by atoms with Crippen LogP contribution in [-0.4, -0.2) is 54.1 Å². The Balaban J connectivity index is 1.65. The summed E-state index contributed by atoms with van der Waals surface area (Å²) in [6.45, 7) is 2.15. The SMILES string of the molecule is COCCn1c(C2CCN(S(=O)(=O)c3cccs3)C2)nc2cccnc21. The van der Waals surface area contributed by atoms with Gasteiger partial charge in [0.25, 0.3) is 10.0 Å². The zero-order chi connectivity index (χ0) is 18.1. The van der Waals surface area contributed by atoms with Gasteiger partial charge >= 0.3 is 0 Å². The quantitative estimate of drug-likeness (QED) is 0.643. The monoisotopic (exact) mass is 392 g/mol. The zero-order valence-electron chi connectivity index (χ0n) is 14.4. The third kappa shape index (κ3) is 3.05. The highest BCUT2D eigenvalue weighted by Gasteiger charge is 2.36. The molecule has 0 amide bonds. The number of hydrogen-bond donors (Lipinski definition) is 0. The number of sulfonamides is 1. The Morgan fingerprint density at radius 3 is 3.00 bits per heavy atom. The molecule has 1 aliphatic rings. The second-order valence-electron chi connectivity index (χ2n) is 6.24. The van der Waals surface area contributed by atoms with Crippen molar-refractivity contribution in [3.8, 4) is 0 Å². The molecule has 0 radical (unpaired) electrons. The number of methoxy groups -OCH3 is 1. The van der Waals surface area contributed by atoms with E-state index in [-0.39, 0.29) is 5.92 Å². The maximum absolute atomic E-state index is 12.8. The summed E-state index contributed by atoms with van der Waals surface area (Å²) in [4.78, 5) is 9.20. The van der Waals surface area contributed by atoms with Crippen LogP contribution in [0.5, 0.6) is 0 Å². The lowest BCUT2D eigenvalue weighted by molar-refractivity contribution is 0.187. The number of nitrogens with zero attached hydrogens (tertiary/aromatic N) is 4. The standard InChI is InChI=1S/C17H20N4O3S2/c1-24-10-9-21-16(19-14-4-2-7-18-17(14)21)13-6-8-20(12-13)26(22,23)15-5-3-11-25-15/h2-5,7,11,13H,6,8-10,12H2,1H3.